The fraction of sp³-hybridized carbons (Fsp3) is 0.556. The summed E-state index contributed by atoms with van der Waals surface area (Å²) in [5.74, 6) is 2.98. The zero-order valence-electron chi connectivity index (χ0n) is 11.9. The molecule has 0 aliphatic heterocycles. The van der Waals surface area contributed by atoms with E-state index in [1.807, 2.05) is 0 Å². The Hall–Kier alpha value is -0.750. The van der Waals surface area contributed by atoms with Crippen molar-refractivity contribution in [1.82, 2.24) is 0 Å². The van der Waals surface area contributed by atoms with Gasteiger partial charge in [-0.25, -0.2) is 0 Å². The first kappa shape index (κ1) is 13.2. The van der Waals surface area contributed by atoms with Crippen molar-refractivity contribution in [3.05, 3.63) is 47.5 Å². The highest BCUT2D eigenvalue weighted by atomic mass is 35.5. The molecule has 2 fully saturated rings. The topological polar surface area (TPSA) is 0 Å². The zero-order chi connectivity index (χ0) is 13.5. The smallest absolute Gasteiger partial charge is 0.000556 e. The van der Waals surface area contributed by atoms with Crippen molar-refractivity contribution in [1.29, 1.82) is 0 Å². The highest BCUT2D eigenvalue weighted by molar-refractivity contribution is 6.25. The minimum absolute atomic E-state index is 0.308. The molecule has 1 aromatic carbocycles. The van der Waals surface area contributed by atoms with E-state index in [-0.39, 0.29) is 0 Å². The van der Waals surface area contributed by atoms with Crippen LogP contribution in [0.15, 0.2) is 41.9 Å². The van der Waals surface area contributed by atoms with E-state index in [1.54, 1.807) is 5.54 Å². The van der Waals surface area contributed by atoms with Crippen LogP contribution in [0.3, 0.4) is 0 Å². The van der Waals surface area contributed by atoms with Crippen LogP contribution >= 0.6 is 11.6 Å². The lowest BCUT2D eigenvalue weighted by Crippen LogP contribution is -2.25. The van der Waals surface area contributed by atoms with Crippen LogP contribution < -0.4 is 0 Å². The van der Waals surface area contributed by atoms with Gasteiger partial charge in [0.15, 0.2) is 0 Å². The summed E-state index contributed by atoms with van der Waals surface area (Å²) in [4.78, 5) is 0. The van der Waals surface area contributed by atoms with Crippen LogP contribution in [0, 0.1) is 23.2 Å². The van der Waals surface area contributed by atoms with Gasteiger partial charge in [-0.05, 0) is 47.5 Å². The molecule has 0 bridgehead atoms. The predicted molar refractivity (Wildman–Crippen MR) is 82.3 cm³/mol. The SMILES string of the molecule is CC1(C)C(/C=C/Cl)C2CCCC2C1c1ccccc1. The fourth-order valence-electron chi connectivity index (χ4n) is 4.99. The van der Waals surface area contributed by atoms with Gasteiger partial charge in [-0.1, -0.05) is 68.3 Å². The van der Waals surface area contributed by atoms with Crippen molar-refractivity contribution in [2.45, 2.75) is 39.0 Å². The van der Waals surface area contributed by atoms with Crippen molar-refractivity contribution in [2.24, 2.45) is 23.2 Å². The molecule has 4 unspecified atom stereocenters. The predicted octanol–water partition coefficient (Wildman–Crippen LogP) is 5.60. The summed E-state index contributed by atoms with van der Waals surface area (Å²) in [5, 5.41) is 0. The van der Waals surface area contributed by atoms with Gasteiger partial charge in [0.05, 0.1) is 0 Å². The molecule has 0 amide bonds. The van der Waals surface area contributed by atoms with Crippen molar-refractivity contribution < 1.29 is 0 Å². The van der Waals surface area contributed by atoms with E-state index < -0.39 is 0 Å². The number of fused-ring (bicyclic) bond motifs is 1. The van der Waals surface area contributed by atoms with Gasteiger partial charge in [-0.15, -0.1) is 0 Å². The third kappa shape index (κ3) is 2.05. The van der Waals surface area contributed by atoms with Crippen LogP contribution in [-0.4, -0.2) is 0 Å². The van der Waals surface area contributed by atoms with Crippen LogP contribution in [0.25, 0.3) is 0 Å². The molecule has 0 spiro atoms. The van der Waals surface area contributed by atoms with Crippen LogP contribution in [-0.2, 0) is 0 Å². The summed E-state index contributed by atoms with van der Waals surface area (Å²) in [7, 11) is 0. The molecule has 102 valence electrons. The second kappa shape index (κ2) is 4.98. The van der Waals surface area contributed by atoms with E-state index in [0.717, 1.165) is 11.8 Å². The number of rotatable bonds is 2. The van der Waals surface area contributed by atoms with Gasteiger partial charge in [0.2, 0.25) is 0 Å². The molecule has 0 aromatic heterocycles. The standard InChI is InChI=1S/C18H23Cl/c1-18(2)16(11-12-19)14-9-6-10-15(14)17(18)13-7-4-3-5-8-13/h3-5,7-8,11-12,14-17H,6,9-10H2,1-2H3/b12-11+. The second-order valence-electron chi connectivity index (χ2n) is 6.81. The molecule has 2 aliphatic carbocycles. The van der Waals surface area contributed by atoms with Gasteiger partial charge in [-0.3, -0.25) is 0 Å². The summed E-state index contributed by atoms with van der Waals surface area (Å²) < 4.78 is 0. The molecule has 1 aromatic rings. The fourth-order valence-corrected chi connectivity index (χ4v) is 5.15. The summed E-state index contributed by atoms with van der Waals surface area (Å²) in [6.45, 7) is 4.87. The first-order valence-electron chi connectivity index (χ1n) is 7.48. The van der Waals surface area contributed by atoms with Crippen LogP contribution in [0.1, 0.15) is 44.6 Å². The minimum Gasteiger partial charge on any atom is -0.0933 e. The van der Waals surface area contributed by atoms with Crippen molar-refractivity contribution in [2.75, 3.05) is 0 Å². The van der Waals surface area contributed by atoms with Crippen LogP contribution in [0.2, 0.25) is 0 Å². The third-order valence-corrected chi connectivity index (χ3v) is 5.76. The lowest BCUT2D eigenvalue weighted by Gasteiger charge is -2.34. The monoisotopic (exact) mass is 274 g/mol. The number of hydrogen-bond donors (Lipinski definition) is 0. The molecule has 0 N–H and O–H groups in total. The first-order valence-corrected chi connectivity index (χ1v) is 7.91. The number of benzene rings is 1. The van der Waals surface area contributed by atoms with Gasteiger partial charge < -0.3 is 0 Å². The second-order valence-corrected chi connectivity index (χ2v) is 7.06. The average Bonchev–Trinajstić information content (AvgIpc) is 2.92. The Balaban J connectivity index is 2.03. The molecule has 3 rings (SSSR count). The molecule has 0 radical (unpaired) electrons. The Morgan fingerprint density at radius 2 is 1.79 bits per heavy atom. The van der Waals surface area contributed by atoms with Gasteiger partial charge >= 0.3 is 0 Å². The number of hydrogen-bond acceptors (Lipinski definition) is 0. The molecule has 0 heterocycles. The third-order valence-electron chi connectivity index (χ3n) is 5.61. The zero-order valence-corrected chi connectivity index (χ0v) is 12.6. The maximum Gasteiger partial charge on any atom is 0.000556 e. The first-order chi connectivity index (χ1) is 9.16. The Kier molecular flexibility index (Phi) is 3.47. The van der Waals surface area contributed by atoms with Crippen molar-refractivity contribution in [3.8, 4) is 0 Å². The molecule has 0 nitrogen and oxygen atoms in total. The highest BCUT2D eigenvalue weighted by Gasteiger charge is 2.55. The van der Waals surface area contributed by atoms with Gasteiger partial charge in [-0.2, -0.15) is 0 Å². The van der Waals surface area contributed by atoms with E-state index in [0.29, 0.717) is 17.3 Å². The average molecular weight is 275 g/mol. The molecular weight excluding hydrogens is 252 g/mol. The molecule has 0 saturated heterocycles. The van der Waals surface area contributed by atoms with E-state index >= 15 is 0 Å². The largest absolute Gasteiger partial charge is 0.0933 e. The van der Waals surface area contributed by atoms with E-state index in [2.05, 4.69) is 50.3 Å². The summed E-state index contributed by atoms with van der Waals surface area (Å²) >= 11 is 5.91. The van der Waals surface area contributed by atoms with Crippen molar-refractivity contribution in [3.63, 3.8) is 0 Å². The molecule has 2 saturated carbocycles. The van der Waals surface area contributed by atoms with Gasteiger partial charge in [0.1, 0.15) is 0 Å². The van der Waals surface area contributed by atoms with Gasteiger partial charge in [0, 0.05) is 5.54 Å². The van der Waals surface area contributed by atoms with Crippen LogP contribution in [0.5, 0.6) is 0 Å². The normalized spacial score (nSPS) is 36.8. The van der Waals surface area contributed by atoms with Crippen molar-refractivity contribution >= 4 is 11.6 Å². The Bertz CT molecular complexity index is 460. The quantitative estimate of drug-likeness (QED) is 0.659. The summed E-state index contributed by atoms with van der Waals surface area (Å²) in [6, 6.07) is 11.1. The van der Waals surface area contributed by atoms with E-state index in [9.17, 15) is 0 Å². The molecule has 1 heteroatoms. The van der Waals surface area contributed by atoms with E-state index in [1.165, 1.54) is 24.8 Å². The number of halogens is 1. The number of allylic oxidation sites excluding steroid dienone is 1. The lowest BCUT2D eigenvalue weighted by molar-refractivity contribution is 0.238. The molecule has 4 atom stereocenters. The Morgan fingerprint density at radius 1 is 1.11 bits per heavy atom. The summed E-state index contributed by atoms with van der Waals surface area (Å²) in [6.07, 6.45) is 6.42. The highest BCUT2D eigenvalue weighted by Crippen LogP contribution is 2.64. The lowest BCUT2D eigenvalue weighted by atomic mass is 9.70. The van der Waals surface area contributed by atoms with Gasteiger partial charge in [0.25, 0.3) is 0 Å². The molecular formula is C18H23Cl. The summed E-state index contributed by atoms with van der Waals surface area (Å²) in [5.41, 5.74) is 3.58. The maximum atomic E-state index is 5.91. The Morgan fingerprint density at radius 3 is 2.47 bits per heavy atom. The molecule has 2 aliphatic rings. The van der Waals surface area contributed by atoms with Crippen LogP contribution in [0.4, 0.5) is 0 Å². The molecule has 19 heavy (non-hydrogen) atoms. The maximum absolute atomic E-state index is 5.91. The Labute approximate surface area is 121 Å². The van der Waals surface area contributed by atoms with E-state index in [4.69, 9.17) is 11.6 Å². The minimum atomic E-state index is 0.308.